The standard InChI is InChI=1S/C27H38O8/c1-2-3-4-7-19(35-27(33)12-11-25(29)30)9-10-20-21-13-17-6-5-8-24(34-16-26(31)32)22(17)14-18(21)15-23(20)28/h5-6,8,18-21,23,28H,2-4,7,9-16H2,1H3,(H,29,30)(H,31,32)/t18-,19-,20+,21-,23+/m0/s1. The summed E-state index contributed by atoms with van der Waals surface area (Å²) in [6.07, 6.45) is 6.41. The molecule has 8 nitrogen and oxygen atoms in total. The van der Waals surface area contributed by atoms with Gasteiger partial charge in [-0.05, 0) is 79.9 Å². The summed E-state index contributed by atoms with van der Waals surface area (Å²) in [6, 6.07) is 5.75. The van der Waals surface area contributed by atoms with Crippen LogP contribution in [0.25, 0.3) is 0 Å². The van der Waals surface area contributed by atoms with Crippen molar-refractivity contribution in [2.24, 2.45) is 17.8 Å². The van der Waals surface area contributed by atoms with Gasteiger partial charge in [0.1, 0.15) is 11.9 Å². The third-order valence-electron chi connectivity index (χ3n) is 7.49. The van der Waals surface area contributed by atoms with Gasteiger partial charge < -0.3 is 24.8 Å². The van der Waals surface area contributed by atoms with Gasteiger partial charge in [0.15, 0.2) is 6.61 Å². The smallest absolute Gasteiger partial charge is 0.341 e. The maximum absolute atomic E-state index is 12.2. The number of hydrogen-bond acceptors (Lipinski definition) is 6. The van der Waals surface area contributed by atoms with Crippen LogP contribution in [0, 0.1) is 17.8 Å². The SMILES string of the molecule is CCCCC[C@@H](CC[C@@H]1[C@H]2Cc3cccc(OCC(=O)O)c3C[C@H]2C[C@H]1O)OC(=O)CCC(=O)O. The van der Waals surface area contributed by atoms with E-state index >= 15 is 0 Å². The van der Waals surface area contributed by atoms with Crippen LogP contribution in [0.5, 0.6) is 5.75 Å². The van der Waals surface area contributed by atoms with Crippen LogP contribution < -0.4 is 4.74 Å². The zero-order valence-corrected chi connectivity index (χ0v) is 20.5. The maximum Gasteiger partial charge on any atom is 0.341 e. The highest BCUT2D eigenvalue weighted by molar-refractivity contribution is 5.76. The van der Waals surface area contributed by atoms with Crippen molar-refractivity contribution in [2.75, 3.05) is 6.61 Å². The first kappa shape index (κ1) is 27.0. The van der Waals surface area contributed by atoms with Crippen LogP contribution in [0.3, 0.4) is 0 Å². The Hall–Kier alpha value is -2.61. The number of aliphatic carboxylic acids is 2. The number of carboxylic acids is 2. The van der Waals surface area contributed by atoms with Crippen molar-refractivity contribution in [1.29, 1.82) is 0 Å². The van der Waals surface area contributed by atoms with Gasteiger partial charge in [0.05, 0.1) is 18.9 Å². The summed E-state index contributed by atoms with van der Waals surface area (Å²) in [7, 11) is 0. The maximum atomic E-state index is 12.2. The molecule has 5 atom stereocenters. The molecule has 0 aliphatic heterocycles. The molecule has 1 aromatic rings. The number of ether oxygens (including phenoxy) is 2. The number of hydrogen-bond donors (Lipinski definition) is 3. The molecule has 3 rings (SSSR count). The van der Waals surface area contributed by atoms with Crippen LogP contribution in [0.15, 0.2) is 18.2 Å². The lowest BCUT2D eigenvalue weighted by molar-refractivity contribution is -0.152. The van der Waals surface area contributed by atoms with Gasteiger partial charge in [-0.2, -0.15) is 0 Å². The highest BCUT2D eigenvalue weighted by Crippen LogP contribution is 2.48. The summed E-state index contributed by atoms with van der Waals surface area (Å²) in [5.74, 6) is -1.17. The summed E-state index contributed by atoms with van der Waals surface area (Å²) in [5, 5.41) is 28.7. The van der Waals surface area contributed by atoms with Gasteiger partial charge in [0.2, 0.25) is 0 Å². The van der Waals surface area contributed by atoms with Crippen molar-refractivity contribution in [3.63, 3.8) is 0 Å². The number of benzene rings is 1. The van der Waals surface area contributed by atoms with Crippen LogP contribution in [0.4, 0.5) is 0 Å². The Kier molecular flexibility index (Phi) is 9.95. The number of aliphatic hydroxyl groups excluding tert-OH is 1. The number of carbonyl (C=O) groups is 3. The molecule has 8 heteroatoms. The summed E-state index contributed by atoms with van der Waals surface area (Å²) in [4.78, 5) is 33.9. The van der Waals surface area contributed by atoms with Crippen LogP contribution in [0.2, 0.25) is 0 Å². The Morgan fingerprint density at radius 3 is 2.57 bits per heavy atom. The number of rotatable bonds is 14. The van der Waals surface area contributed by atoms with Gasteiger partial charge in [-0.15, -0.1) is 0 Å². The molecular formula is C27H38O8. The van der Waals surface area contributed by atoms with E-state index in [4.69, 9.17) is 19.7 Å². The van der Waals surface area contributed by atoms with E-state index in [9.17, 15) is 19.5 Å². The molecule has 2 aliphatic carbocycles. The zero-order chi connectivity index (χ0) is 25.4. The fourth-order valence-corrected chi connectivity index (χ4v) is 5.80. The first-order valence-electron chi connectivity index (χ1n) is 12.8. The Labute approximate surface area is 206 Å². The Bertz CT molecular complexity index is 882. The molecule has 35 heavy (non-hydrogen) atoms. The molecule has 0 bridgehead atoms. The van der Waals surface area contributed by atoms with E-state index in [0.717, 1.165) is 56.1 Å². The van der Waals surface area contributed by atoms with Crippen molar-refractivity contribution >= 4 is 17.9 Å². The lowest BCUT2D eigenvalue weighted by Gasteiger charge is -2.32. The predicted molar refractivity (Wildman–Crippen MR) is 128 cm³/mol. The van der Waals surface area contributed by atoms with Crippen LogP contribution in [-0.4, -0.2) is 52.0 Å². The first-order valence-corrected chi connectivity index (χ1v) is 12.8. The van der Waals surface area contributed by atoms with Gasteiger partial charge in [-0.1, -0.05) is 31.9 Å². The summed E-state index contributed by atoms with van der Waals surface area (Å²) in [5.41, 5.74) is 2.19. The van der Waals surface area contributed by atoms with Crippen molar-refractivity contribution in [1.82, 2.24) is 0 Å². The number of esters is 1. The Morgan fingerprint density at radius 2 is 1.86 bits per heavy atom. The number of fused-ring (bicyclic) bond motifs is 2. The summed E-state index contributed by atoms with van der Waals surface area (Å²) in [6.45, 7) is 1.74. The van der Waals surface area contributed by atoms with E-state index in [0.29, 0.717) is 30.4 Å². The monoisotopic (exact) mass is 490 g/mol. The van der Waals surface area contributed by atoms with E-state index < -0.39 is 24.0 Å². The lowest BCUT2D eigenvalue weighted by atomic mass is 9.73. The van der Waals surface area contributed by atoms with Crippen molar-refractivity contribution in [3.05, 3.63) is 29.3 Å². The third-order valence-corrected chi connectivity index (χ3v) is 7.49. The Morgan fingerprint density at radius 1 is 1.06 bits per heavy atom. The molecule has 1 saturated carbocycles. The van der Waals surface area contributed by atoms with Gasteiger partial charge >= 0.3 is 17.9 Å². The minimum Gasteiger partial charge on any atom is -0.482 e. The average molecular weight is 491 g/mol. The minimum atomic E-state index is -1.02. The van der Waals surface area contributed by atoms with Gasteiger partial charge in [0.25, 0.3) is 0 Å². The molecule has 0 unspecified atom stereocenters. The van der Waals surface area contributed by atoms with Crippen molar-refractivity contribution < 1.29 is 39.2 Å². The molecule has 0 spiro atoms. The normalized spacial score (nSPS) is 23.7. The zero-order valence-electron chi connectivity index (χ0n) is 20.5. The molecule has 0 amide bonds. The molecule has 2 aliphatic rings. The second-order valence-corrected chi connectivity index (χ2v) is 9.95. The van der Waals surface area contributed by atoms with Crippen LogP contribution in [0.1, 0.15) is 75.8 Å². The second kappa shape index (κ2) is 12.9. The molecule has 3 N–H and O–H groups in total. The first-order chi connectivity index (χ1) is 16.8. The van der Waals surface area contributed by atoms with E-state index in [1.54, 1.807) is 0 Å². The second-order valence-electron chi connectivity index (χ2n) is 9.95. The van der Waals surface area contributed by atoms with Gasteiger partial charge in [-0.25, -0.2) is 4.79 Å². The summed E-state index contributed by atoms with van der Waals surface area (Å²) >= 11 is 0. The van der Waals surface area contributed by atoms with Crippen LogP contribution >= 0.6 is 0 Å². The fraction of sp³-hybridized carbons (Fsp3) is 0.667. The molecule has 0 heterocycles. The number of unbranched alkanes of at least 4 members (excludes halogenated alkanes) is 2. The molecule has 0 aromatic heterocycles. The quantitative estimate of drug-likeness (QED) is 0.264. The number of carbonyl (C=O) groups excluding carboxylic acids is 1. The van der Waals surface area contributed by atoms with E-state index in [1.807, 2.05) is 12.1 Å². The highest BCUT2D eigenvalue weighted by atomic mass is 16.5. The number of aliphatic hydroxyl groups is 1. The van der Waals surface area contributed by atoms with E-state index in [-0.39, 0.29) is 31.5 Å². The minimum absolute atomic E-state index is 0.100. The predicted octanol–water partition coefficient (Wildman–Crippen LogP) is 4.00. The fourth-order valence-electron chi connectivity index (χ4n) is 5.80. The molecule has 1 aromatic carbocycles. The largest absolute Gasteiger partial charge is 0.482 e. The summed E-state index contributed by atoms with van der Waals surface area (Å²) < 4.78 is 11.2. The molecular weight excluding hydrogens is 452 g/mol. The van der Waals surface area contributed by atoms with Gasteiger partial charge in [-0.3, -0.25) is 9.59 Å². The Balaban J connectivity index is 1.63. The molecule has 0 radical (unpaired) electrons. The van der Waals surface area contributed by atoms with E-state index in [1.165, 1.54) is 0 Å². The topological polar surface area (TPSA) is 130 Å². The number of carboxylic acid groups (broad SMARTS) is 2. The van der Waals surface area contributed by atoms with E-state index in [2.05, 4.69) is 13.0 Å². The molecule has 0 saturated heterocycles. The van der Waals surface area contributed by atoms with Crippen LogP contribution in [-0.2, 0) is 32.0 Å². The van der Waals surface area contributed by atoms with Crippen molar-refractivity contribution in [3.8, 4) is 5.75 Å². The van der Waals surface area contributed by atoms with Gasteiger partial charge in [0, 0.05) is 0 Å². The third kappa shape index (κ3) is 7.69. The average Bonchev–Trinajstić information content (AvgIpc) is 3.12. The molecule has 1 fully saturated rings. The highest BCUT2D eigenvalue weighted by Gasteiger charge is 2.45. The molecule has 194 valence electrons. The lowest BCUT2D eigenvalue weighted by Crippen LogP contribution is -2.29. The van der Waals surface area contributed by atoms with Crippen molar-refractivity contribution in [2.45, 2.75) is 89.8 Å².